The van der Waals surface area contributed by atoms with Gasteiger partial charge in [-0.1, -0.05) is 42.8 Å². The molecule has 0 fully saturated rings. The first-order valence-electron chi connectivity index (χ1n) is 9.07. The number of hydrogen-bond donors (Lipinski definition) is 0. The topological polar surface area (TPSA) is 31.4 Å². The largest absolute Gasteiger partial charge is 0.488 e. The van der Waals surface area contributed by atoms with Crippen molar-refractivity contribution in [1.29, 1.82) is 0 Å². The van der Waals surface area contributed by atoms with Crippen molar-refractivity contribution in [2.75, 3.05) is 0 Å². The summed E-state index contributed by atoms with van der Waals surface area (Å²) in [5.41, 5.74) is 1.17. The molecule has 0 aliphatic rings. The van der Waals surface area contributed by atoms with Crippen LogP contribution in [0.1, 0.15) is 33.3 Å². The van der Waals surface area contributed by atoms with E-state index in [-0.39, 0.29) is 17.2 Å². The van der Waals surface area contributed by atoms with Crippen LogP contribution in [0.2, 0.25) is 18.1 Å². The van der Waals surface area contributed by atoms with Gasteiger partial charge in [0.25, 0.3) is 0 Å². The van der Waals surface area contributed by atoms with Crippen LogP contribution in [0, 0.1) is 0 Å². The molecule has 0 bridgehead atoms. The summed E-state index contributed by atoms with van der Waals surface area (Å²) in [7, 11) is -1.92. The summed E-state index contributed by atoms with van der Waals surface area (Å²) in [6.45, 7) is 13.5. The molecule has 2 aromatic rings. The van der Waals surface area contributed by atoms with Crippen molar-refractivity contribution in [3.63, 3.8) is 0 Å². The van der Waals surface area contributed by atoms with Gasteiger partial charge in [0.2, 0.25) is 0 Å². The third kappa shape index (κ3) is 5.93. The van der Waals surface area contributed by atoms with Crippen LogP contribution in [0.5, 0.6) is 5.75 Å². The van der Waals surface area contributed by atoms with Gasteiger partial charge in [-0.2, -0.15) is 0 Å². The summed E-state index contributed by atoms with van der Waals surface area (Å²) in [6, 6.07) is 12.0. The number of benzene rings is 1. The maximum absolute atomic E-state index is 6.74. The second-order valence-corrected chi connectivity index (χ2v) is 13.9. The predicted octanol–water partition coefficient (Wildman–Crippen LogP) is 6.24. The lowest BCUT2D eigenvalue weighted by atomic mass is 10.1. The molecule has 0 saturated carbocycles. The number of nitrogens with zero attached hydrogens (tertiary/aromatic N) is 1. The Kier molecular flexibility index (Phi) is 7.05. The van der Waals surface area contributed by atoms with E-state index in [2.05, 4.69) is 67.8 Å². The molecule has 1 heterocycles. The Morgan fingerprint density at radius 1 is 1.12 bits per heavy atom. The first-order chi connectivity index (χ1) is 12.1. The zero-order valence-electron chi connectivity index (χ0n) is 16.6. The van der Waals surface area contributed by atoms with Crippen molar-refractivity contribution in [2.24, 2.45) is 0 Å². The Morgan fingerprint density at radius 3 is 2.31 bits per heavy atom. The SMILES string of the molecule is C[C@H](Oc1ccc(Br)cc1)C(Cc1cccnc1)O[Si](C)(C)C(C)(C)C. The van der Waals surface area contributed by atoms with Crippen LogP contribution in [0.25, 0.3) is 0 Å². The van der Waals surface area contributed by atoms with Gasteiger partial charge in [-0.3, -0.25) is 4.98 Å². The smallest absolute Gasteiger partial charge is 0.192 e. The fourth-order valence-electron chi connectivity index (χ4n) is 2.41. The van der Waals surface area contributed by atoms with Gasteiger partial charge in [0.15, 0.2) is 8.32 Å². The molecule has 3 nitrogen and oxygen atoms in total. The number of aromatic nitrogens is 1. The van der Waals surface area contributed by atoms with E-state index >= 15 is 0 Å². The molecule has 5 heteroatoms. The van der Waals surface area contributed by atoms with Crippen molar-refractivity contribution in [2.45, 2.75) is 64.5 Å². The van der Waals surface area contributed by atoms with Crippen molar-refractivity contribution in [1.82, 2.24) is 4.98 Å². The summed E-state index contributed by atoms with van der Waals surface area (Å²) < 4.78 is 14.0. The lowest BCUT2D eigenvalue weighted by molar-refractivity contribution is 0.0556. The van der Waals surface area contributed by atoms with Crippen LogP contribution in [0.4, 0.5) is 0 Å². The number of rotatable bonds is 7. The standard InChI is InChI=1S/C21H30BrNO2Si/c1-16(24-19-11-9-18(22)10-12-19)20(14-17-8-7-13-23-15-17)25-26(5,6)21(2,3)4/h7-13,15-16,20H,14H2,1-6H3/t16-,20?/m0/s1. The number of pyridine rings is 1. The molecular formula is C21H30BrNO2Si. The first-order valence-corrected chi connectivity index (χ1v) is 12.8. The van der Waals surface area contributed by atoms with Gasteiger partial charge in [-0.05, 0) is 61.0 Å². The van der Waals surface area contributed by atoms with E-state index in [1.54, 1.807) is 6.20 Å². The van der Waals surface area contributed by atoms with Crippen molar-refractivity contribution < 1.29 is 9.16 Å². The van der Waals surface area contributed by atoms with E-state index in [9.17, 15) is 0 Å². The Bertz CT molecular complexity index is 683. The fraction of sp³-hybridized carbons (Fsp3) is 0.476. The third-order valence-corrected chi connectivity index (χ3v) is 10.1. The summed E-state index contributed by atoms with van der Waals surface area (Å²) in [6.07, 6.45) is 4.41. The third-order valence-electron chi connectivity index (χ3n) is 5.07. The second-order valence-electron chi connectivity index (χ2n) is 8.26. The van der Waals surface area contributed by atoms with E-state index < -0.39 is 8.32 Å². The molecule has 1 aromatic carbocycles. The molecular weight excluding hydrogens is 406 g/mol. The van der Waals surface area contributed by atoms with Crippen LogP contribution >= 0.6 is 15.9 Å². The van der Waals surface area contributed by atoms with Gasteiger partial charge in [-0.25, -0.2) is 0 Å². The van der Waals surface area contributed by atoms with Gasteiger partial charge in [-0.15, -0.1) is 0 Å². The molecule has 0 amide bonds. The summed E-state index contributed by atoms with van der Waals surface area (Å²) >= 11 is 3.46. The molecule has 2 atom stereocenters. The van der Waals surface area contributed by atoms with E-state index in [0.29, 0.717) is 0 Å². The molecule has 0 aliphatic carbocycles. The molecule has 0 N–H and O–H groups in total. The van der Waals surface area contributed by atoms with Gasteiger partial charge >= 0.3 is 0 Å². The molecule has 1 unspecified atom stereocenters. The van der Waals surface area contributed by atoms with Crippen LogP contribution in [-0.2, 0) is 10.8 Å². The second kappa shape index (κ2) is 8.68. The molecule has 2 rings (SSSR count). The highest BCUT2D eigenvalue weighted by Gasteiger charge is 2.40. The highest BCUT2D eigenvalue weighted by Crippen LogP contribution is 2.38. The summed E-state index contributed by atoms with van der Waals surface area (Å²) in [5, 5.41) is 0.150. The quantitative estimate of drug-likeness (QED) is 0.481. The molecule has 0 aliphatic heterocycles. The fourth-order valence-corrected chi connectivity index (χ4v) is 4.06. The summed E-state index contributed by atoms with van der Waals surface area (Å²) in [4.78, 5) is 4.25. The maximum Gasteiger partial charge on any atom is 0.192 e. The minimum absolute atomic E-state index is 0.0243. The van der Waals surface area contributed by atoms with E-state index in [1.165, 1.54) is 5.56 Å². The minimum atomic E-state index is -1.92. The Morgan fingerprint density at radius 2 is 1.77 bits per heavy atom. The lowest BCUT2D eigenvalue weighted by Gasteiger charge is -2.41. The van der Waals surface area contributed by atoms with E-state index in [4.69, 9.17) is 9.16 Å². The summed E-state index contributed by atoms with van der Waals surface area (Å²) in [5.74, 6) is 0.857. The van der Waals surface area contributed by atoms with E-state index in [1.807, 2.05) is 36.5 Å². The number of ether oxygens (including phenoxy) is 1. The highest BCUT2D eigenvalue weighted by molar-refractivity contribution is 9.10. The zero-order chi connectivity index (χ0) is 19.4. The van der Waals surface area contributed by atoms with Crippen LogP contribution in [-0.4, -0.2) is 25.5 Å². The zero-order valence-corrected chi connectivity index (χ0v) is 19.2. The van der Waals surface area contributed by atoms with Crippen molar-refractivity contribution >= 4 is 24.2 Å². The Labute approximate surface area is 167 Å². The van der Waals surface area contributed by atoms with Crippen LogP contribution in [0.3, 0.4) is 0 Å². The average molecular weight is 436 g/mol. The molecule has 0 radical (unpaired) electrons. The van der Waals surface area contributed by atoms with Crippen molar-refractivity contribution in [3.8, 4) is 5.75 Å². The minimum Gasteiger partial charge on any atom is -0.488 e. The molecule has 0 saturated heterocycles. The first kappa shape index (κ1) is 21.1. The average Bonchev–Trinajstić information content (AvgIpc) is 2.56. The predicted molar refractivity (Wildman–Crippen MR) is 114 cm³/mol. The number of halogens is 1. The van der Waals surface area contributed by atoms with Crippen LogP contribution < -0.4 is 4.74 Å². The maximum atomic E-state index is 6.74. The lowest BCUT2D eigenvalue weighted by Crippen LogP contribution is -2.48. The molecule has 1 aromatic heterocycles. The number of hydrogen-bond acceptors (Lipinski definition) is 3. The van der Waals surface area contributed by atoms with Crippen molar-refractivity contribution in [3.05, 3.63) is 58.8 Å². The van der Waals surface area contributed by atoms with Gasteiger partial charge in [0.05, 0.1) is 6.10 Å². The molecule has 142 valence electrons. The molecule has 26 heavy (non-hydrogen) atoms. The van der Waals surface area contributed by atoms with Gasteiger partial charge in [0.1, 0.15) is 11.9 Å². The normalized spacial score (nSPS) is 14.7. The van der Waals surface area contributed by atoms with Crippen LogP contribution in [0.15, 0.2) is 53.3 Å². The van der Waals surface area contributed by atoms with Gasteiger partial charge < -0.3 is 9.16 Å². The Hall–Kier alpha value is -1.17. The van der Waals surface area contributed by atoms with Gasteiger partial charge in [0, 0.05) is 23.3 Å². The van der Waals surface area contributed by atoms with E-state index in [0.717, 1.165) is 16.6 Å². The Balaban J connectivity index is 2.19. The molecule has 0 spiro atoms. The highest BCUT2D eigenvalue weighted by atomic mass is 79.9. The monoisotopic (exact) mass is 435 g/mol.